The van der Waals surface area contributed by atoms with E-state index in [1.165, 1.54) is 11.1 Å². The van der Waals surface area contributed by atoms with Crippen molar-refractivity contribution in [1.29, 1.82) is 0 Å². The molecule has 2 aromatic rings. The molecule has 2 atom stereocenters. The van der Waals surface area contributed by atoms with E-state index in [9.17, 15) is 4.79 Å². The molecule has 0 N–H and O–H groups in total. The fourth-order valence-corrected chi connectivity index (χ4v) is 3.81. The summed E-state index contributed by atoms with van der Waals surface area (Å²) in [6.45, 7) is 4.06. The van der Waals surface area contributed by atoms with Gasteiger partial charge in [-0.15, -0.1) is 6.58 Å². The summed E-state index contributed by atoms with van der Waals surface area (Å²) in [6, 6.07) is 16.4. The van der Waals surface area contributed by atoms with Crippen LogP contribution >= 0.6 is 0 Å². The number of rotatable bonds is 5. The minimum atomic E-state index is 0.191. The topological polar surface area (TPSA) is 26.3 Å². The standard InChI is InChI=1S/C22H22O2/c1-3-17(16-8-5-4-6-9-16)19-12-13-21-18(20(19)14-15-23)10-7-11-22(21)24-2/h3-11,14-15,17,19H,1,12-13H2,2H3/b20-14-. The normalized spacial score (nSPS) is 19.4. The average Bonchev–Trinajstić information content (AvgIpc) is 2.64. The van der Waals surface area contributed by atoms with Gasteiger partial charge in [-0.3, -0.25) is 4.79 Å². The fraction of sp³-hybridized carbons (Fsp3) is 0.227. The Balaban J connectivity index is 2.08. The van der Waals surface area contributed by atoms with E-state index in [4.69, 9.17) is 4.74 Å². The summed E-state index contributed by atoms with van der Waals surface area (Å²) in [4.78, 5) is 11.3. The van der Waals surface area contributed by atoms with Gasteiger partial charge < -0.3 is 4.74 Å². The van der Waals surface area contributed by atoms with Crippen molar-refractivity contribution in [3.63, 3.8) is 0 Å². The first kappa shape index (κ1) is 16.3. The molecule has 1 aliphatic carbocycles. The van der Waals surface area contributed by atoms with Gasteiger partial charge in [-0.25, -0.2) is 0 Å². The van der Waals surface area contributed by atoms with Crippen molar-refractivity contribution in [2.45, 2.75) is 18.8 Å². The van der Waals surface area contributed by atoms with Gasteiger partial charge in [0.05, 0.1) is 7.11 Å². The highest BCUT2D eigenvalue weighted by Gasteiger charge is 2.31. The van der Waals surface area contributed by atoms with Crippen LogP contribution in [0.5, 0.6) is 5.75 Å². The van der Waals surface area contributed by atoms with Crippen LogP contribution in [-0.4, -0.2) is 13.4 Å². The van der Waals surface area contributed by atoms with Crippen LogP contribution in [0.1, 0.15) is 29.0 Å². The predicted octanol–water partition coefficient (Wildman–Crippen LogP) is 4.81. The monoisotopic (exact) mass is 318 g/mol. The minimum absolute atomic E-state index is 0.191. The number of ether oxygens (including phenoxy) is 1. The maximum Gasteiger partial charge on any atom is 0.143 e. The van der Waals surface area contributed by atoms with Gasteiger partial charge in [0.1, 0.15) is 12.0 Å². The first-order valence-corrected chi connectivity index (χ1v) is 8.29. The molecule has 2 nitrogen and oxygen atoms in total. The summed E-state index contributed by atoms with van der Waals surface area (Å²) in [5.41, 5.74) is 4.64. The summed E-state index contributed by atoms with van der Waals surface area (Å²) >= 11 is 0. The van der Waals surface area contributed by atoms with Crippen molar-refractivity contribution < 1.29 is 9.53 Å². The van der Waals surface area contributed by atoms with Gasteiger partial charge in [-0.2, -0.15) is 0 Å². The molecule has 0 bridgehead atoms. The van der Waals surface area contributed by atoms with E-state index in [-0.39, 0.29) is 11.8 Å². The Kier molecular flexibility index (Phi) is 4.95. The van der Waals surface area contributed by atoms with Gasteiger partial charge in [0, 0.05) is 11.5 Å². The smallest absolute Gasteiger partial charge is 0.143 e. The van der Waals surface area contributed by atoms with E-state index in [1.54, 1.807) is 13.2 Å². The molecule has 0 aromatic heterocycles. The molecule has 122 valence electrons. The largest absolute Gasteiger partial charge is 0.496 e. The van der Waals surface area contributed by atoms with Crippen LogP contribution < -0.4 is 4.74 Å². The highest BCUT2D eigenvalue weighted by molar-refractivity contribution is 5.85. The van der Waals surface area contributed by atoms with E-state index in [1.807, 2.05) is 24.3 Å². The lowest BCUT2D eigenvalue weighted by molar-refractivity contribution is -0.104. The second kappa shape index (κ2) is 7.31. The zero-order valence-electron chi connectivity index (χ0n) is 13.9. The van der Waals surface area contributed by atoms with Gasteiger partial charge in [0.25, 0.3) is 0 Å². The van der Waals surface area contributed by atoms with Crippen LogP contribution in [0.15, 0.2) is 67.3 Å². The molecule has 1 aliphatic rings. The summed E-state index contributed by atoms with van der Waals surface area (Å²) in [6.07, 6.45) is 6.52. The molecular weight excluding hydrogens is 296 g/mol. The lowest BCUT2D eigenvalue weighted by Crippen LogP contribution is -2.20. The minimum Gasteiger partial charge on any atom is -0.496 e. The van der Waals surface area contributed by atoms with Crippen molar-refractivity contribution in [2.75, 3.05) is 7.11 Å². The van der Waals surface area contributed by atoms with Gasteiger partial charge in [-0.05, 0) is 47.6 Å². The zero-order chi connectivity index (χ0) is 16.9. The van der Waals surface area contributed by atoms with Crippen LogP contribution in [0.25, 0.3) is 5.57 Å². The van der Waals surface area contributed by atoms with E-state index >= 15 is 0 Å². The molecule has 0 saturated heterocycles. The Morgan fingerprint density at radius 1 is 1.17 bits per heavy atom. The van der Waals surface area contributed by atoms with E-state index in [2.05, 4.69) is 36.9 Å². The lowest BCUT2D eigenvalue weighted by Gasteiger charge is -2.33. The maximum absolute atomic E-state index is 11.3. The van der Waals surface area contributed by atoms with Gasteiger partial charge in [-0.1, -0.05) is 48.5 Å². The number of carbonyl (C=O) groups is 1. The van der Waals surface area contributed by atoms with E-state index in [0.29, 0.717) is 0 Å². The van der Waals surface area contributed by atoms with Crippen molar-refractivity contribution in [1.82, 2.24) is 0 Å². The second-order valence-corrected chi connectivity index (χ2v) is 6.06. The maximum atomic E-state index is 11.3. The zero-order valence-corrected chi connectivity index (χ0v) is 13.9. The van der Waals surface area contributed by atoms with Gasteiger partial charge >= 0.3 is 0 Å². The average molecular weight is 318 g/mol. The third-order valence-corrected chi connectivity index (χ3v) is 4.89. The van der Waals surface area contributed by atoms with Crippen molar-refractivity contribution in [3.05, 3.63) is 84.0 Å². The number of carbonyl (C=O) groups excluding carboxylic acids is 1. The van der Waals surface area contributed by atoms with Crippen LogP contribution in [-0.2, 0) is 11.2 Å². The first-order valence-electron chi connectivity index (χ1n) is 8.29. The number of aldehydes is 1. The third kappa shape index (κ3) is 2.92. The molecular formula is C22H22O2. The molecule has 0 aliphatic heterocycles. The molecule has 2 unspecified atom stereocenters. The molecule has 0 heterocycles. The molecule has 0 amide bonds. The number of hydrogen-bond acceptors (Lipinski definition) is 2. The predicted molar refractivity (Wildman–Crippen MR) is 98.2 cm³/mol. The van der Waals surface area contributed by atoms with Crippen LogP contribution in [0.3, 0.4) is 0 Å². The van der Waals surface area contributed by atoms with Crippen LogP contribution in [0, 0.1) is 5.92 Å². The Morgan fingerprint density at radius 3 is 2.62 bits per heavy atom. The second-order valence-electron chi connectivity index (χ2n) is 6.06. The quantitative estimate of drug-likeness (QED) is 0.449. The number of hydrogen-bond donors (Lipinski definition) is 0. The van der Waals surface area contributed by atoms with Gasteiger partial charge in [0.15, 0.2) is 0 Å². The lowest BCUT2D eigenvalue weighted by atomic mass is 9.71. The molecule has 0 spiro atoms. The number of fused-ring (bicyclic) bond motifs is 1. The molecule has 0 fully saturated rings. The summed E-state index contributed by atoms with van der Waals surface area (Å²) in [5.74, 6) is 1.34. The SMILES string of the molecule is C=CC(c1ccccc1)C1CCc2c(OC)cccc2/C1=C/C=O. The van der Waals surface area contributed by atoms with E-state index < -0.39 is 0 Å². The molecule has 2 heteroatoms. The highest BCUT2D eigenvalue weighted by atomic mass is 16.5. The third-order valence-electron chi connectivity index (χ3n) is 4.89. The highest BCUT2D eigenvalue weighted by Crippen LogP contribution is 2.45. The van der Waals surface area contributed by atoms with Crippen LogP contribution in [0.2, 0.25) is 0 Å². The molecule has 0 saturated carbocycles. The number of benzene rings is 2. The van der Waals surface area contributed by atoms with E-state index in [0.717, 1.165) is 36.0 Å². The Labute approximate surface area is 143 Å². The number of allylic oxidation sites excluding steroid dienone is 3. The first-order chi connectivity index (χ1) is 11.8. The fourth-order valence-electron chi connectivity index (χ4n) is 3.81. The Bertz CT molecular complexity index is 759. The summed E-state index contributed by atoms with van der Waals surface area (Å²) in [7, 11) is 1.70. The molecule has 24 heavy (non-hydrogen) atoms. The molecule has 0 radical (unpaired) electrons. The Morgan fingerprint density at radius 2 is 1.96 bits per heavy atom. The summed E-state index contributed by atoms with van der Waals surface area (Å²) in [5, 5.41) is 0. The van der Waals surface area contributed by atoms with Crippen molar-refractivity contribution in [2.24, 2.45) is 5.92 Å². The Hall–Kier alpha value is -2.61. The summed E-state index contributed by atoms with van der Waals surface area (Å²) < 4.78 is 5.51. The number of methoxy groups -OCH3 is 1. The molecule has 2 aromatic carbocycles. The molecule has 3 rings (SSSR count). The van der Waals surface area contributed by atoms with Crippen LogP contribution in [0.4, 0.5) is 0 Å². The van der Waals surface area contributed by atoms with Crippen molar-refractivity contribution >= 4 is 11.9 Å². The van der Waals surface area contributed by atoms with Gasteiger partial charge in [0.2, 0.25) is 0 Å². The van der Waals surface area contributed by atoms with Crippen molar-refractivity contribution in [3.8, 4) is 5.75 Å².